The fourth-order valence-corrected chi connectivity index (χ4v) is 3.57. The van der Waals surface area contributed by atoms with E-state index in [-0.39, 0.29) is 0 Å². The number of rotatable bonds is 6. The van der Waals surface area contributed by atoms with E-state index in [0.717, 1.165) is 22.3 Å². The highest BCUT2D eigenvalue weighted by Gasteiger charge is 2.17. The number of azo groups is 1. The van der Waals surface area contributed by atoms with Gasteiger partial charge in [-0.25, -0.2) is 19.9 Å². The monoisotopic (exact) mass is 436 g/mol. The van der Waals surface area contributed by atoms with Gasteiger partial charge in [0.25, 0.3) is 0 Å². The molecule has 0 fully saturated rings. The molecule has 0 bridgehead atoms. The van der Waals surface area contributed by atoms with Crippen molar-refractivity contribution in [2.75, 3.05) is 23.7 Å². The smallest absolute Gasteiger partial charge is 0.207 e. The SMILES string of the molecule is Clc1ccc(-c2nc(NCCNc3ncnc4c3N=N4)c3ccccc3n2)c(Cl)c1. The van der Waals surface area contributed by atoms with Crippen molar-refractivity contribution in [3.8, 4) is 11.4 Å². The van der Waals surface area contributed by atoms with Gasteiger partial charge in [0.05, 0.1) is 10.5 Å². The lowest BCUT2D eigenvalue weighted by Crippen LogP contribution is -2.16. The number of fused-ring (bicyclic) bond motifs is 2. The van der Waals surface area contributed by atoms with Crippen LogP contribution in [0.2, 0.25) is 10.0 Å². The predicted molar refractivity (Wildman–Crippen MR) is 118 cm³/mol. The lowest BCUT2D eigenvalue weighted by molar-refractivity contribution is 0.989. The molecule has 3 heterocycles. The van der Waals surface area contributed by atoms with Crippen LogP contribution in [0.25, 0.3) is 22.3 Å². The van der Waals surface area contributed by atoms with E-state index < -0.39 is 0 Å². The zero-order valence-electron chi connectivity index (χ0n) is 15.5. The largest absolute Gasteiger partial charge is 0.368 e. The first kappa shape index (κ1) is 18.7. The molecule has 0 atom stereocenters. The van der Waals surface area contributed by atoms with E-state index in [4.69, 9.17) is 28.2 Å². The van der Waals surface area contributed by atoms with E-state index in [0.29, 0.717) is 46.3 Å². The van der Waals surface area contributed by atoms with Crippen LogP contribution >= 0.6 is 23.2 Å². The molecule has 0 saturated carbocycles. The van der Waals surface area contributed by atoms with Crippen molar-refractivity contribution in [3.63, 3.8) is 0 Å². The fourth-order valence-electron chi connectivity index (χ4n) is 3.08. The molecule has 1 aliphatic rings. The molecule has 2 N–H and O–H groups in total. The van der Waals surface area contributed by atoms with Gasteiger partial charge in [-0.15, -0.1) is 10.2 Å². The first-order chi connectivity index (χ1) is 14.7. The van der Waals surface area contributed by atoms with Crippen molar-refractivity contribution in [2.24, 2.45) is 10.2 Å². The van der Waals surface area contributed by atoms with Gasteiger partial charge in [0, 0.05) is 29.1 Å². The van der Waals surface area contributed by atoms with E-state index in [1.807, 2.05) is 30.3 Å². The number of hydrogen-bond donors (Lipinski definition) is 2. The summed E-state index contributed by atoms with van der Waals surface area (Å²) in [7, 11) is 0. The minimum atomic E-state index is 0.501. The van der Waals surface area contributed by atoms with Crippen molar-refractivity contribution >= 4 is 57.2 Å². The van der Waals surface area contributed by atoms with Crippen LogP contribution in [0, 0.1) is 0 Å². The number of benzene rings is 2. The average molecular weight is 437 g/mol. The number of para-hydroxylation sites is 1. The number of nitrogens with zero attached hydrogens (tertiary/aromatic N) is 6. The second kappa shape index (κ2) is 7.81. The Morgan fingerprint density at radius 2 is 1.67 bits per heavy atom. The van der Waals surface area contributed by atoms with Gasteiger partial charge in [-0.3, -0.25) is 0 Å². The van der Waals surface area contributed by atoms with Crippen LogP contribution in [-0.2, 0) is 0 Å². The van der Waals surface area contributed by atoms with Gasteiger partial charge < -0.3 is 10.6 Å². The third-order valence-electron chi connectivity index (χ3n) is 4.53. The average Bonchev–Trinajstić information content (AvgIpc) is 2.72. The molecule has 2 aromatic carbocycles. The maximum Gasteiger partial charge on any atom is 0.207 e. The number of anilines is 2. The number of halogens is 2. The zero-order valence-corrected chi connectivity index (χ0v) is 17.0. The molecule has 0 amide bonds. The maximum atomic E-state index is 6.37. The molecule has 2 aromatic heterocycles. The molecule has 10 heteroatoms. The number of nitrogens with one attached hydrogen (secondary N) is 2. The van der Waals surface area contributed by atoms with Crippen LogP contribution in [0.4, 0.5) is 23.1 Å². The molecule has 148 valence electrons. The van der Waals surface area contributed by atoms with Crippen LogP contribution in [0.1, 0.15) is 0 Å². The summed E-state index contributed by atoms with van der Waals surface area (Å²) in [6.45, 7) is 1.21. The summed E-state index contributed by atoms with van der Waals surface area (Å²) in [5, 5.41) is 16.4. The minimum absolute atomic E-state index is 0.501. The molecule has 0 saturated heterocycles. The Bertz CT molecular complexity index is 1290. The fraction of sp³-hybridized carbons (Fsp3) is 0.100. The Labute approximate surface area is 181 Å². The molecular weight excluding hydrogens is 423 g/mol. The Hall–Kier alpha value is -3.36. The molecular formula is C20H14Cl2N8. The van der Waals surface area contributed by atoms with Crippen molar-refractivity contribution in [3.05, 3.63) is 58.8 Å². The molecule has 30 heavy (non-hydrogen) atoms. The van der Waals surface area contributed by atoms with E-state index >= 15 is 0 Å². The molecule has 0 spiro atoms. The Kier molecular flexibility index (Phi) is 4.86. The summed E-state index contributed by atoms with van der Waals surface area (Å²) in [5.41, 5.74) is 2.23. The van der Waals surface area contributed by atoms with E-state index in [1.165, 1.54) is 6.33 Å². The van der Waals surface area contributed by atoms with Gasteiger partial charge in [-0.05, 0) is 30.3 Å². The van der Waals surface area contributed by atoms with E-state index in [1.54, 1.807) is 12.1 Å². The lowest BCUT2D eigenvalue weighted by atomic mass is 10.2. The van der Waals surface area contributed by atoms with Gasteiger partial charge in [-0.2, -0.15) is 0 Å². The number of hydrogen-bond acceptors (Lipinski definition) is 8. The summed E-state index contributed by atoms with van der Waals surface area (Å²) < 4.78 is 0. The topological polar surface area (TPSA) is 100 Å². The summed E-state index contributed by atoms with van der Waals surface area (Å²) in [4.78, 5) is 17.6. The summed E-state index contributed by atoms with van der Waals surface area (Å²) >= 11 is 12.4. The molecule has 0 radical (unpaired) electrons. The van der Waals surface area contributed by atoms with Gasteiger partial charge >= 0.3 is 0 Å². The molecule has 0 aliphatic carbocycles. The highest BCUT2D eigenvalue weighted by Crippen LogP contribution is 2.39. The first-order valence-corrected chi connectivity index (χ1v) is 9.91. The highest BCUT2D eigenvalue weighted by molar-refractivity contribution is 6.36. The zero-order chi connectivity index (χ0) is 20.5. The molecule has 5 rings (SSSR count). The third-order valence-corrected chi connectivity index (χ3v) is 5.08. The summed E-state index contributed by atoms with van der Waals surface area (Å²) in [6.07, 6.45) is 1.47. The van der Waals surface area contributed by atoms with Crippen molar-refractivity contribution in [2.45, 2.75) is 0 Å². The van der Waals surface area contributed by atoms with Gasteiger partial charge in [0.1, 0.15) is 12.1 Å². The molecule has 4 aromatic rings. The first-order valence-electron chi connectivity index (χ1n) is 9.16. The van der Waals surface area contributed by atoms with E-state index in [9.17, 15) is 0 Å². The predicted octanol–water partition coefficient (Wildman–Crippen LogP) is 5.65. The second-order valence-corrected chi connectivity index (χ2v) is 7.33. The Morgan fingerprint density at radius 1 is 0.833 bits per heavy atom. The Balaban J connectivity index is 1.38. The van der Waals surface area contributed by atoms with Gasteiger partial charge in [-0.1, -0.05) is 35.3 Å². The van der Waals surface area contributed by atoms with Crippen LogP contribution in [-0.4, -0.2) is 33.0 Å². The Morgan fingerprint density at radius 3 is 2.47 bits per heavy atom. The van der Waals surface area contributed by atoms with Crippen molar-refractivity contribution in [1.82, 2.24) is 19.9 Å². The standard InChI is InChI=1S/C20H14Cl2N8/c21-11-5-6-12(14(22)9-11)18-27-15-4-2-1-3-13(15)17(28-18)23-7-8-24-19-16-20(30-29-16)26-10-25-19/h1-6,9-10H,7-8H2,(H,23,27,28)(H,24,25,26,30). The minimum Gasteiger partial charge on any atom is -0.368 e. The highest BCUT2D eigenvalue weighted by atomic mass is 35.5. The maximum absolute atomic E-state index is 6.37. The van der Waals surface area contributed by atoms with Crippen molar-refractivity contribution in [1.29, 1.82) is 0 Å². The van der Waals surface area contributed by atoms with Crippen LogP contribution < -0.4 is 10.6 Å². The van der Waals surface area contributed by atoms with Gasteiger partial charge in [0.2, 0.25) is 5.82 Å². The summed E-state index contributed by atoms with van der Waals surface area (Å²) in [5.74, 6) is 2.52. The number of aromatic nitrogens is 4. The lowest BCUT2D eigenvalue weighted by Gasteiger charge is -2.14. The van der Waals surface area contributed by atoms with Crippen molar-refractivity contribution < 1.29 is 0 Å². The second-order valence-electron chi connectivity index (χ2n) is 6.49. The quantitative estimate of drug-likeness (QED) is 0.333. The van der Waals surface area contributed by atoms with Gasteiger partial charge in [0.15, 0.2) is 17.3 Å². The molecule has 1 aliphatic heterocycles. The normalized spacial score (nSPS) is 11.8. The van der Waals surface area contributed by atoms with Crippen LogP contribution in [0.3, 0.4) is 0 Å². The van der Waals surface area contributed by atoms with Crippen LogP contribution in [0.15, 0.2) is 59.0 Å². The summed E-state index contributed by atoms with van der Waals surface area (Å²) in [6, 6.07) is 13.1. The third kappa shape index (κ3) is 3.51. The van der Waals surface area contributed by atoms with E-state index in [2.05, 4.69) is 35.8 Å². The molecule has 0 unspecified atom stereocenters. The molecule has 8 nitrogen and oxygen atoms in total. The van der Waals surface area contributed by atoms with Crippen LogP contribution in [0.5, 0.6) is 0 Å².